The average Bonchev–Trinajstić information content (AvgIpc) is 2.87. The van der Waals surface area contributed by atoms with E-state index in [4.69, 9.17) is 4.74 Å². The monoisotopic (exact) mass is 528 g/mol. The highest BCUT2D eigenvalue weighted by atomic mass is 19.3. The first-order chi connectivity index (χ1) is 17.8. The summed E-state index contributed by atoms with van der Waals surface area (Å²) in [5, 5.41) is 0. The average molecular weight is 529 g/mol. The lowest BCUT2D eigenvalue weighted by Gasteiger charge is -2.38. The van der Waals surface area contributed by atoms with E-state index in [1.165, 1.54) is 6.07 Å². The first-order valence-corrected chi connectivity index (χ1v) is 13.3. The van der Waals surface area contributed by atoms with Crippen LogP contribution >= 0.6 is 0 Å². The van der Waals surface area contributed by atoms with Crippen molar-refractivity contribution in [3.63, 3.8) is 0 Å². The number of Topliss-reactive ketones (excluding diaryl/α,β-unsaturated/α-hetero) is 2. The molecule has 0 bridgehead atoms. The van der Waals surface area contributed by atoms with Crippen LogP contribution < -0.4 is 0 Å². The normalized spacial score (nSPS) is 18.1. The molecule has 0 saturated carbocycles. The number of ether oxygens (including phenoxy) is 1. The first kappa shape index (κ1) is 29.4. The number of alkyl halides is 2. The predicted molar refractivity (Wildman–Crippen MR) is 142 cm³/mol. The van der Waals surface area contributed by atoms with Crippen molar-refractivity contribution in [2.24, 2.45) is 5.92 Å². The van der Waals surface area contributed by atoms with Crippen LogP contribution in [-0.4, -0.2) is 52.2 Å². The molecule has 206 valence electrons. The van der Waals surface area contributed by atoms with Gasteiger partial charge in [0, 0.05) is 42.5 Å². The molecule has 0 unspecified atom stereocenters. The Bertz CT molecular complexity index is 1140. The molecule has 8 heteroatoms. The summed E-state index contributed by atoms with van der Waals surface area (Å²) in [7, 11) is 0. The minimum atomic E-state index is -3.06. The summed E-state index contributed by atoms with van der Waals surface area (Å²) < 4.78 is 35.0. The van der Waals surface area contributed by atoms with E-state index in [1.807, 2.05) is 37.3 Å². The zero-order valence-electron chi connectivity index (χ0n) is 22.9. The second kappa shape index (κ2) is 12.1. The van der Waals surface area contributed by atoms with E-state index in [9.17, 15) is 23.2 Å². The highest BCUT2D eigenvalue weighted by Crippen LogP contribution is 2.37. The maximum absolute atomic E-state index is 14.9. The number of benzene rings is 1. The highest BCUT2D eigenvalue weighted by molar-refractivity contribution is 6.00. The molecule has 2 aromatic rings. The number of ketones is 2. The predicted octanol–water partition coefficient (Wildman–Crippen LogP) is 7.07. The molecule has 6 nitrogen and oxygen atoms in total. The van der Waals surface area contributed by atoms with Crippen LogP contribution in [0.25, 0.3) is 0 Å². The lowest BCUT2D eigenvalue weighted by Crippen LogP contribution is -2.51. The van der Waals surface area contributed by atoms with Gasteiger partial charge in [-0.15, -0.1) is 0 Å². The smallest absolute Gasteiger partial charge is 0.410 e. The third-order valence-corrected chi connectivity index (χ3v) is 6.87. The second-order valence-corrected chi connectivity index (χ2v) is 11.0. The zero-order valence-corrected chi connectivity index (χ0v) is 22.9. The van der Waals surface area contributed by atoms with E-state index in [0.717, 1.165) is 10.5 Å². The lowest BCUT2D eigenvalue weighted by atomic mass is 9.87. The topological polar surface area (TPSA) is 76.6 Å². The van der Waals surface area contributed by atoms with E-state index < -0.39 is 30.1 Å². The van der Waals surface area contributed by atoms with Gasteiger partial charge in [-0.2, -0.15) is 0 Å². The number of carbonyl (C=O) groups excluding carboxylic acids is 3. The van der Waals surface area contributed by atoms with E-state index in [2.05, 4.69) is 4.98 Å². The maximum Gasteiger partial charge on any atom is 0.410 e. The Morgan fingerprint density at radius 1 is 1.13 bits per heavy atom. The van der Waals surface area contributed by atoms with Gasteiger partial charge in [-0.1, -0.05) is 44.2 Å². The van der Waals surface area contributed by atoms with Crippen LogP contribution in [0.4, 0.5) is 13.6 Å². The molecular weight excluding hydrogens is 490 g/mol. The maximum atomic E-state index is 14.9. The fourth-order valence-electron chi connectivity index (χ4n) is 4.65. The number of aromatic nitrogens is 1. The van der Waals surface area contributed by atoms with Crippen molar-refractivity contribution in [2.45, 2.75) is 84.2 Å². The summed E-state index contributed by atoms with van der Waals surface area (Å²) in [6.45, 7) is 8.31. The van der Waals surface area contributed by atoms with Crippen molar-refractivity contribution < 1.29 is 27.9 Å². The molecular formula is C30H38F2N2O4. The van der Waals surface area contributed by atoms with Gasteiger partial charge in [0.05, 0.1) is 6.54 Å². The van der Waals surface area contributed by atoms with Crippen molar-refractivity contribution in [3.8, 4) is 0 Å². The summed E-state index contributed by atoms with van der Waals surface area (Å²) in [6, 6.07) is 12.9. The van der Waals surface area contributed by atoms with Crippen LogP contribution in [0.2, 0.25) is 0 Å². The minimum Gasteiger partial charge on any atom is -0.444 e. The molecule has 1 fully saturated rings. The van der Waals surface area contributed by atoms with Gasteiger partial charge in [0.25, 0.3) is 5.92 Å². The lowest BCUT2D eigenvalue weighted by molar-refractivity contribution is -0.112. The molecule has 2 heterocycles. The molecule has 38 heavy (non-hydrogen) atoms. The van der Waals surface area contributed by atoms with E-state index in [0.29, 0.717) is 11.3 Å². The molecule has 0 N–H and O–H groups in total. The van der Waals surface area contributed by atoms with Crippen LogP contribution in [-0.2, 0) is 4.74 Å². The van der Waals surface area contributed by atoms with Gasteiger partial charge in [0.1, 0.15) is 11.3 Å². The van der Waals surface area contributed by atoms with Gasteiger partial charge >= 0.3 is 6.09 Å². The molecule has 2 atom stereocenters. The van der Waals surface area contributed by atoms with Gasteiger partial charge in [0.15, 0.2) is 11.6 Å². The number of nitrogens with zero attached hydrogens (tertiary/aromatic N) is 2. The van der Waals surface area contributed by atoms with Crippen molar-refractivity contribution in [3.05, 3.63) is 65.0 Å². The third kappa shape index (κ3) is 7.68. The molecule has 0 radical (unpaired) electrons. The first-order valence-electron chi connectivity index (χ1n) is 13.3. The fourth-order valence-corrected chi connectivity index (χ4v) is 4.65. The molecule has 1 amide bonds. The Morgan fingerprint density at radius 3 is 2.42 bits per heavy atom. The quantitative estimate of drug-likeness (QED) is 0.325. The molecule has 1 aliphatic rings. The SMILES string of the molecule is CCC(=O)c1cc(C(=O)CCC[C@H]2CCN(C(=O)OC(C)(C)C)CC2(F)F)cc([C@@H](C)c2ccccc2)n1. The molecule has 1 aliphatic heterocycles. The van der Waals surface area contributed by atoms with Crippen molar-refractivity contribution >= 4 is 17.7 Å². The van der Waals surface area contributed by atoms with Crippen LogP contribution in [0.1, 0.15) is 105 Å². The summed E-state index contributed by atoms with van der Waals surface area (Å²) in [6.07, 6.45) is 0.214. The number of hydrogen-bond donors (Lipinski definition) is 0. The molecule has 1 saturated heterocycles. The Labute approximate surface area is 223 Å². The van der Waals surface area contributed by atoms with Gasteiger partial charge in [-0.3, -0.25) is 9.59 Å². The number of rotatable bonds is 9. The molecule has 1 aromatic carbocycles. The van der Waals surface area contributed by atoms with Gasteiger partial charge in [0.2, 0.25) is 0 Å². The Balaban J connectivity index is 1.66. The van der Waals surface area contributed by atoms with Crippen LogP contribution in [0, 0.1) is 5.92 Å². The minimum absolute atomic E-state index is 0.0886. The number of halogens is 2. The zero-order chi connectivity index (χ0) is 28.1. The number of amides is 1. The summed E-state index contributed by atoms with van der Waals surface area (Å²) in [5.74, 6) is -4.46. The molecule has 0 aliphatic carbocycles. The Morgan fingerprint density at radius 2 is 1.82 bits per heavy atom. The van der Waals surface area contributed by atoms with Crippen molar-refractivity contribution in [1.29, 1.82) is 0 Å². The number of hydrogen-bond acceptors (Lipinski definition) is 5. The number of pyridine rings is 1. The van der Waals surface area contributed by atoms with E-state index in [1.54, 1.807) is 33.8 Å². The number of piperidine rings is 1. The standard InChI is InChI=1S/C30H38F2N2O4/c1-6-26(35)25-18-22(17-24(33-25)20(2)21-11-8-7-9-12-21)27(36)14-10-13-23-15-16-34(19-30(23,31)32)28(37)38-29(3,4)5/h7-9,11-12,17-18,20,23H,6,10,13-16,19H2,1-5H3/t20-,23-/m0/s1. The van der Waals surface area contributed by atoms with Gasteiger partial charge in [-0.05, 0) is 57.7 Å². The van der Waals surface area contributed by atoms with Crippen LogP contribution in [0.15, 0.2) is 42.5 Å². The van der Waals surface area contributed by atoms with Crippen LogP contribution in [0.3, 0.4) is 0 Å². The second-order valence-electron chi connectivity index (χ2n) is 11.0. The molecule has 1 aromatic heterocycles. The Hall–Kier alpha value is -3.16. The molecule has 0 spiro atoms. The summed E-state index contributed by atoms with van der Waals surface area (Å²) in [5.41, 5.74) is 1.51. The van der Waals surface area contributed by atoms with E-state index in [-0.39, 0.29) is 61.8 Å². The molecule has 3 rings (SSSR count). The van der Waals surface area contributed by atoms with Gasteiger partial charge < -0.3 is 9.64 Å². The highest BCUT2D eigenvalue weighted by Gasteiger charge is 2.46. The fraction of sp³-hybridized carbons (Fsp3) is 0.533. The Kier molecular flexibility index (Phi) is 9.39. The summed E-state index contributed by atoms with van der Waals surface area (Å²) in [4.78, 5) is 43.4. The number of carbonyl (C=O) groups is 3. The van der Waals surface area contributed by atoms with Crippen molar-refractivity contribution in [2.75, 3.05) is 13.1 Å². The van der Waals surface area contributed by atoms with E-state index >= 15 is 0 Å². The van der Waals surface area contributed by atoms with Crippen molar-refractivity contribution in [1.82, 2.24) is 9.88 Å². The number of likely N-dealkylation sites (tertiary alicyclic amines) is 1. The van der Waals surface area contributed by atoms with Crippen LogP contribution in [0.5, 0.6) is 0 Å². The van der Waals surface area contributed by atoms with Gasteiger partial charge in [-0.25, -0.2) is 18.6 Å². The summed E-state index contributed by atoms with van der Waals surface area (Å²) >= 11 is 0. The third-order valence-electron chi connectivity index (χ3n) is 6.87. The largest absolute Gasteiger partial charge is 0.444 e.